The van der Waals surface area contributed by atoms with Crippen molar-refractivity contribution >= 4 is 21.9 Å². The summed E-state index contributed by atoms with van der Waals surface area (Å²) in [6, 6.07) is 42.4. The molecule has 39 heavy (non-hydrogen) atoms. The van der Waals surface area contributed by atoms with Crippen LogP contribution in [0.4, 0.5) is 0 Å². The summed E-state index contributed by atoms with van der Waals surface area (Å²) in [5.74, 6) is 0.778. The monoisotopic (exact) mass is 499 g/mol. The van der Waals surface area contributed by atoms with E-state index in [-0.39, 0.29) is 0 Å². The minimum absolute atomic E-state index is 0.623. The van der Waals surface area contributed by atoms with E-state index in [4.69, 9.17) is 15.0 Å². The Labute approximate surface area is 225 Å². The number of aromatic nitrogens is 4. The molecule has 0 aliphatic heterocycles. The Bertz CT molecular complexity index is 1910. The van der Waals surface area contributed by atoms with Gasteiger partial charge in [0, 0.05) is 22.1 Å². The van der Waals surface area contributed by atoms with Crippen molar-refractivity contribution in [2.24, 2.45) is 0 Å². The molecule has 0 aliphatic rings. The van der Waals surface area contributed by atoms with E-state index in [0.29, 0.717) is 5.56 Å². The molecule has 0 atom stereocenters. The van der Waals surface area contributed by atoms with Crippen LogP contribution in [-0.4, -0.2) is 19.5 Å². The van der Waals surface area contributed by atoms with Crippen molar-refractivity contribution in [2.75, 3.05) is 0 Å². The van der Waals surface area contributed by atoms with E-state index >= 15 is 0 Å². The molecule has 0 saturated carbocycles. The minimum Gasteiger partial charge on any atom is -0.291 e. The fraction of sp³-hybridized carbons (Fsp3) is 0. The van der Waals surface area contributed by atoms with Crippen LogP contribution >= 0.6 is 0 Å². The first-order valence-corrected chi connectivity index (χ1v) is 12.7. The molecule has 7 rings (SSSR count). The third-order valence-corrected chi connectivity index (χ3v) is 6.91. The second kappa shape index (κ2) is 9.37. The Kier molecular flexibility index (Phi) is 5.42. The van der Waals surface area contributed by atoms with Gasteiger partial charge in [-0.2, -0.15) is 5.26 Å². The number of fused-ring (bicyclic) bond motifs is 3. The average Bonchev–Trinajstić information content (AvgIpc) is 3.35. The van der Waals surface area contributed by atoms with E-state index in [0.717, 1.165) is 61.5 Å². The van der Waals surface area contributed by atoms with Gasteiger partial charge in [0.05, 0.1) is 51.5 Å². The quantitative estimate of drug-likeness (QED) is 0.247. The fourth-order valence-corrected chi connectivity index (χ4v) is 4.98. The van der Waals surface area contributed by atoms with Gasteiger partial charge in [-0.25, -0.2) is 9.97 Å². The maximum atomic E-state index is 9.17. The Hall–Kier alpha value is -5.60. The van der Waals surface area contributed by atoms with E-state index in [2.05, 4.69) is 53.1 Å². The second-order valence-electron chi connectivity index (χ2n) is 9.29. The predicted octanol–water partition coefficient (Wildman–Crippen LogP) is 7.84. The first-order chi connectivity index (χ1) is 19.3. The topological polar surface area (TPSA) is 67.4 Å². The normalized spacial score (nSPS) is 11.1. The molecule has 0 N–H and O–H groups in total. The summed E-state index contributed by atoms with van der Waals surface area (Å²) < 4.78 is 2.13. The molecule has 0 aliphatic carbocycles. The summed E-state index contributed by atoms with van der Waals surface area (Å²) in [6.45, 7) is 0. The summed E-state index contributed by atoms with van der Waals surface area (Å²) in [4.78, 5) is 15.0. The van der Waals surface area contributed by atoms with Gasteiger partial charge in [0.15, 0.2) is 0 Å². The number of pyridine rings is 3. The molecule has 5 nitrogen and oxygen atoms in total. The summed E-state index contributed by atoms with van der Waals surface area (Å²) in [6.07, 6.45) is 1.91. The molecule has 0 amide bonds. The molecule has 7 aromatic rings. The molecule has 3 aromatic carbocycles. The molecule has 182 valence electrons. The number of nitriles is 1. The minimum atomic E-state index is 0.623. The smallest absolute Gasteiger partial charge is 0.138 e. The number of hydrogen-bond acceptors (Lipinski definition) is 4. The number of rotatable bonds is 4. The highest BCUT2D eigenvalue weighted by Crippen LogP contribution is 2.34. The molecular weight excluding hydrogens is 478 g/mol. The predicted molar refractivity (Wildman–Crippen MR) is 155 cm³/mol. The van der Waals surface area contributed by atoms with Gasteiger partial charge in [-0.1, -0.05) is 78.9 Å². The second-order valence-corrected chi connectivity index (χ2v) is 9.29. The largest absolute Gasteiger partial charge is 0.291 e. The molecule has 0 fully saturated rings. The first-order valence-electron chi connectivity index (χ1n) is 12.7. The average molecular weight is 500 g/mol. The van der Waals surface area contributed by atoms with Crippen molar-refractivity contribution in [2.45, 2.75) is 0 Å². The SMILES string of the molecule is N#Cc1ccc(-c2cccc(-n3c4cnc(-c5ccccc5)cc4c4nc(-c5ccccc5)ccc43)n2)cc1. The Morgan fingerprint density at radius 1 is 0.564 bits per heavy atom. The van der Waals surface area contributed by atoms with Crippen LogP contribution in [-0.2, 0) is 0 Å². The van der Waals surface area contributed by atoms with Gasteiger partial charge >= 0.3 is 0 Å². The van der Waals surface area contributed by atoms with Gasteiger partial charge in [0.1, 0.15) is 5.82 Å². The molecule has 0 unspecified atom stereocenters. The Morgan fingerprint density at radius 3 is 1.95 bits per heavy atom. The van der Waals surface area contributed by atoms with E-state index in [1.54, 1.807) is 0 Å². The van der Waals surface area contributed by atoms with E-state index < -0.39 is 0 Å². The van der Waals surface area contributed by atoms with E-state index in [9.17, 15) is 5.26 Å². The van der Waals surface area contributed by atoms with Gasteiger partial charge in [-0.15, -0.1) is 0 Å². The van der Waals surface area contributed by atoms with Gasteiger partial charge < -0.3 is 0 Å². The molecule has 0 saturated heterocycles. The van der Waals surface area contributed by atoms with Crippen molar-refractivity contribution in [1.29, 1.82) is 5.26 Å². The molecular formula is C34H21N5. The van der Waals surface area contributed by atoms with Crippen molar-refractivity contribution in [3.05, 3.63) is 133 Å². The highest BCUT2D eigenvalue weighted by molar-refractivity contribution is 6.08. The lowest BCUT2D eigenvalue weighted by atomic mass is 10.1. The van der Waals surface area contributed by atoms with Crippen LogP contribution in [0.5, 0.6) is 0 Å². The van der Waals surface area contributed by atoms with Crippen molar-refractivity contribution in [3.8, 4) is 45.7 Å². The lowest BCUT2D eigenvalue weighted by Gasteiger charge is -2.09. The molecule has 4 aromatic heterocycles. The summed E-state index contributed by atoms with van der Waals surface area (Å²) in [5, 5.41) is 10.2. The third kappa shape index (κ3) is 4.01. The van der Waals surface area contributed by atoms with Crippen LogP contribution < -0.4 is 0 Å². The highest BCUT2D eigenvalue weighted by Gasteiger charge is 2.17. The van der Waals surface area contributed by atoms with Crippen molar-refractivity contribution in [1.82, 2.24) is 19.5 Å². The van der Waals surface area contributed by atoms with E-state index in [1.165, 1.54) is 0 Å². The zero-order chi connectivity index (χ0) is 26.2. The van der Waals surface area contributed by atoms with Gasteiger partial charge in [-0.3, -0.25) is 9.55 Å². The zero-order valence-corrected chi connectivity index (χ0v) is 20.9. The van der Waals surface area contributed by atoms with Crippen LogP contribution in [0.3, 0.4) is 0 Å². The summed E-state index contributed by atoms with van der Waals surface area (Å²) in [5.41, 5.74) is 9.13. The summed E-state index contributed by atoms with van der Waals surface area (Å²) >= 11 is 0. The van der Waals surface area contributed by atoms with Crippen LogP contribution in [0.2, 0.25) is 0 Å². The van der Waals surface area contributed by atoms with Gasteiger partial charge in [0.25, 0.3) is 0 Å². The first kappa shape index (κ1) is 22.6. The van der Waals surface area contributed by atoms with Crippen LogP contribution in [0.25, 0.3) is 61.5 Å². The molecule has 0 radical (unpaired) electrons. The number of nitrogens with zero attached hydrogens (tertiary/aromatic N) is 5. The lowest BCUT2D eigenvalue weighted by Crippen LogP contribution is -1.99. The Balaban J connectivity index is 1.46. The van der Waals surface area contributed by atoms with Crippen molar-refractivity contribution in [3.63, 3.8) is 0 Å². The van der Waals surface area contributed by atoms with Crippen LogP contribution in [0.15, 0.2) is 128 Å². The van der Waals surface area contributed by atoms with E-state index in [1.807, 2.05) is 85.1 Å². The number of benzene rings is 3. The van der Waals surface area contributed by atoms with Crippen LogP contribution in [0, 0.1) is 11.3 Å². The Morgan fingerprint density at radius 2 is 1.23 bits per heavy atom. The van der Waals surface area contributed by atoms with Crippen LogP contribution in [0.1, 0.15) is 5.56 Å². The molecule has 0 spiro atoms. The third-order valence-electron chi connectivity index (χ3n) is 6.91. The fourth-order valence-electron chi connectivity index (χ4n) is 4.98. The molecule has 0 bridgehead atoms. The lowest BCUT2D eigenvalue weighted by molar-refractivity contribution is 1.08. The maximum absolute atomic E-state index is 9.17. The van der Waals surface area contributed by atoms with Gasteiger partial charge in [0.2, 0.25) is 0 Å². The van der Waals surface area contributed by atoms with Gasteiger partial charge in [-0.05, 0) is 42.5 Å². The van der Waals surface area contributed by atoms with Crippen molar-refractivity contribution < 1.29 is 0 Å². The highest BCUT2D eigenvalue weighted by atomic mass is 15.1. The maximum Gasteiger partial charge on any atom is 0.138 e. The standard InChI is InChI=1S/C34H21N5/c35-21-23-14-16-26(17-15-23)28-12-7-13-33(37-28)39-31-19-18-29(24-8-3-1-4-9-24)38-34(31)27-20-30(36-22-32(27)39)25-10-5-2-6-11-25/h1-20,22H. The summed E-state index contributed by atoms with van der Waals surface area (Å²) in [7, 11) is 0. The molecule has 5 heteroatoms. The number of hydrogen-bond donors (Lipinski definition) is 0. The molecule has 4 heterocycles. The zero-order valence-electron chi connectivity index (χ0n) is 20.9.